The number of alkyl halides is 2. The summed E-state index contributed by atoms with van der Waals surface area (Å²) in [5.74, 6) is -0.421. The van der Waals surface area contributed by atoms with E-state index in [9.17, 15) is 23.2 Å². The van der Waals surface area contributed by atoms with Gasteiger partial charge in [-0.15, -0.1) is 0 Å². The number of carbonyl (C=O) groups is 1. The van der Waals surface area contributed by atoms with Crippen LogP contribution in [-0.2, 0) is 11.3 Å². The monoisotopic (exact) mass is 325 g/mol. The van der Waals surface area contributed by atoms with Gasteiger partial charge in [0.05, 0.1) is 6.54 Å². The lowest BCUT2D eigenvalue weighted by atomic mass is 10.3. The standard InChI is InChI=1S/C14H13F2N3O4/c15-14(16)23-10-3-1-9(2-4-10)17-11(20)7-8-19-13(22)6-5-12(21)18-19/h1-6,14H,7-8H2,(H,17,20)(H,18,21). The summed E-state index contributed by atoms with van der Waals surface area (Å²) in [5.41, 5.74) is -0.476. The maximum Gasteiger partial charge on any atom is 0.387 e. The Morgan fingerprint density at radius 2 is 1.87 bits per heavy atom. The molecule has 0 bridgehead atoms. The molecule has 0 saturated carbocycles. The van der Waals surface area contributed by atoms with Crippen LogP contribution in [0.3, 0.4) is 0 Å². The molecule has 0 aliphatic rings. The molecule has 0 unspecified atom stereocenters. The third-order valence-corrected chi connectivity index (χ3v) is 2.81. The van der Waals surface area contributed by atoms with E-state index < -0.39 is 23.6 Å². The summed E-state index contributed by atoms with van der Waals surface area (Å²) in [6.45, 7) is -2.91. The number of hydrogen-bond donors (Lipinski definition) is 2. The number of carbonyl (C=O) groups excluding carboxylic acids is 1. The highest BCUT2D eigenvalue weighted by atomic mass is 19.3. The van der Waals surface area contributed by atoms with E-state index in [1.165, 1.54) is 24.3 Å². The molecule has 0 saturated heterocycles. The average Bonchev–Trinajstić information content (AvgIpc) is 2.50. The predicted molar refractivity (Wildman–Crippen MR) is 77.6 cm³/mol. The lowest BCUT2D eigenvalue weighted by Crippen LogP contribution is -2.29. The summed E-state index contributed by atoms with van der Waals surface area (Å²) in [4.78, 5) is 34.3. The Morgan fingerprint density at radius 1 is 1.17 bits per heavy atom. The van der Waals surface area contributed by atoms with E-state index in [4.69, 9.17) is 0 Å². The molecule has 23 heavy (non-hydrogen) atoms. The van der Waals surface area contributed by atoms with Gasteiger partial charge in [0.15, 0.2) is 0 Å². The number of benzene rings is 1. The van der Waals surface area contributed by atoms with Gasteiger partial charge in [-0.3, -0.25) is 19.5 Å². The van der Waals surface area contributed by atoms with Gasteiger partial charge >= 0.3 is 6.61 Å². The molecule has 7 nitrogen and oxygen atoms in total. The van der Waals surface area contributed by atoms with E-state index in [0.717, 1.165) is 16.8 Å². The highest BCUT2D eigenvalue weighted by Crippen LogP contribution is 2.17. The molecular formula is C14H13F2N3O4. The first-order chi connectivity index (χ1) is 10.9. The van der Waals surface area contributed by atoms with Gasteiger partial charge in [0.25, 0.3) is 11.1 Å². The van der Waals surface area contributed by atoms with Crippen LogP contribution in [0.15, 0.2) is 46.0 Å². The molecule has 2 aromatic rings. The van der Waals surface area contributed by atoms with Crippen LogP contribution in [0.25, 0.3) is 0 Å². The van der Waals surface area contributed by atoms with Crippen LogP contribution in [0.1, 0.15) is 6.42 Å². The maximum absolute atomic E-state index is 12.0. The SMILES string of the molecule is O=C(CCn1[nH]c(=O)ccc1=O)Nc1ccc(OC(F)F)cc1. The smallest absolute Gasteiger partial charge is 0.387 e. The van der Waals surface area contributed by atoms with Crippen molar-refractivity contribution in [2.75, 3.05) is 5.32 Å². The molecule has 122 valence electrons. The minimum atomic E-state index is -2.92. The van der Waals surface area contributed by atoms with Crippen molar-refractivity contribution in [1.29, 1.82) is 0 Å². The van der Waals surface area contributed by atoms with Gasteiger partial charge in [0.1, 0.15) is 5.75 Å². The van der Waals surface area contributed by atoms with E-state index in [-0.39, 0.29) is 18.7 Å². The molecule has 0 aliphatic carbocycles. The van der Waals surface area contributed by atoms with Crippen LogP contribution in [0, 0.1) is 0 Å². The fourth-order valence-electron chi connectivity index (χ4n) is 1.78. The van der Waals surface area contributed by atoms with Crippen molar-refractivity contribution >= 4 is 11.6 Å². The summed E-state index contributed by atoms with van der Waals surface area (Å²) in [6, 6.07) is 7.61. The molecule has 1 aromatic carbocycles. The van der Waals surface area contributed by atoms with E-state index in [1.807, 2.05) is 0 Å². The molecular weight excluding hydrogens is 312 g/mol. The number of ether oxygens (including phenoxy) is 1. The van der Waals surface area contributed by atoms with Crippen molar-refractivity contribution < 1.29 is 18.3 Å². The Kier molecular flexibility index (Phi) is 5.23. The molecule has 1 amide bonds. The summed E-state index contributed by atoms with van der Waals surface area (Å²) >= 11 is 0. The fourth-order valence-corrected chi connectivity index (χ4v) is 1.78. The van der Waals surface area contributed by atoms with Crippen LogP contribution in [0.4, 0.5) is 14.5 Å². The van der Waals surface area contributed by atoms with Crippen molar-refractivity contribution in [3.05, 3.63) is 57.1 Å². The Labute approximate surface area is 128 Å². The molecule has 9 heteroatoms. The minimum absolute atomic E-state index is 0.00727. The number of nitrogens with zero attached hydrogens (tertiary/aromatic N) is 1. The lowest BCUT2D eigenvalue weighted by molar-refractivity contribution is -0.116. The van der Waals surface area contributed by atoms with Crippen molar-refractivity contribution in [3.8, 4) is 5.75 Å². The third-order valence-electron chi connectivity index (χ3n) is 2.81. The number of anilines is 1. The second kappa shape index (κ2) is 7.34. The molecule has 0 aliphatic heterocycles. The predicted octanol–water partition coefficient (Wildman–Crippen LogP) is 1.17. The quantitative estimate of drug-likeness (QED) is 0.834. The van der Waals surface area contributed by atoms with Crippen LogP contribution in [-0.4, -0.2) is 22.3 Å². The van der Waals surface area contributed by atoms with Crippen LogP contribution < -0.4 is 21.2 Å². The number of amides is 1. The number of nitrogens with one attached hydrogen (secondary N) is 2. The Morgan fingerprint density at radius 3 is 2.52 bits per heavy atom. The van der Waals surface area contributed by atoms with E-state index in [1.54, 1.807) is 0 Å². The van der Waals surface area contributed by atoms with Crippen molar-refractivity contribution in [2.24, 2.45) is 0 Å². The number of H-pyrrole nitrogens is 1. The van der Waals surface area contributed by atoms with Crippen LogP contribution in [0.5, 0.6) is 5.75 Å². The lowest BCUT2D eigenvalue weighted by Gasteiger charge is -2.08. The zero-order valence-corrected chi connectivity index (χ0v) is 11.8. The minimum Gasteiger partial charge on any atom is -0.435 e. The number of aromatic nitrogens is 2. The molecule has 0 atom stereocenters. The van der Waals surface area contributed by atoms with E-state index >= 15 is 0 Å². The van der Waals surface area contributed by atoms with Gasteiger partial charge in [-0.25, -0.2) is 4.68 Å². The molecule has 1 aromatic heterocycles. The maximum atomic E-state index is 12.0. The van der Waals surface area contributed by atoms with Crippen molar-refractivity contribution in [3.63, 3.8) is 0 Å². The zero-order chi connectivity index (χ0) is 16.8. The second-order valence-corrected chi connectivity index (χ2v) is 4.50. The number of aryl methyl sites for hydroxylation is 1. The van der Waals surface area contributed by atoms with Gasteiger partial charge in [0, 0.05) is 24.2 Å². The summed E-state index contributed by atoms with van der Waals surface area (Å²) in [5, 5.41) is 4.84. The zero-order valence-electron chi connectivity index (χ0n) is 11.8. The first-order valence-electron chi connectivity index (χ1n) is 6.59. The summed E-state index contributed by atoms with van der Waals surface area (Å²) < 4.78 is 29.2. The topological polar surface area (TPSA) is 93.2 Å². The number of rotatable bonds is 6. The van der Waals surface area contributed by atoms with Crippen LogP contribution >= 0.6 is 0 Å². The molecule has 1 heterocycles. The van der Waals surface area contributed by atoms with Gasteiger partial charge < -0.3 is 10.1 Å². The third kappa shape index (κ3) is 5.06. The van der Waals surface area contributed by atoms with Crippen molar-refractivity contribution in [1.82, 2.24) is 9.78 Å². The largest absolute Gasteiger partial charge is 0.435 e. The average molecular weight is 325 g/mol. The first kappa shape index (κ1) is 16.4. The van der Waals surface area contributed by atoms with E-state index in [2.05, 4.69) is 15.2 Å². The molecule has 0 fully saturated rings. The highest BCUT2D eigenvalue weighted by Gasteiger charge is 2.06. The van der Waals surface area contributed by atoms with Gasteiger partial charge in [-0.2, -0.15) is 8.78 Å². The molecule has 0 spiro atoms. The number of hydrogen-bond acceptors (Lipinski definition) is 4. The van der Waals surface area contributed by atoms with E-state index in [0.29, 0.717) is 5.69 Å². The summed E-state index contributed by atoms with van der Waals surface area (Å²) in [7, 11) is 0. The summed E-state index contributed by atoms with van der Waals surface area (Å²) in [6.07, 6.45) is -0.0465. The Balaban J connectivity index is 1.90. The Hall–Kier alpha value is -2.97. The molecule has 0 radical (unpaired) electrons. The van der Waals surface area contributed by atoms with Gasteiger partial charge in [-0.1, -0.05) is 0 Å². The fraction of sp³-hybridized carbons (Fsp3) is 0.214. The second-order valence-electron chi connectivity index (χ2n) is 4.50. The van der Waals surface area contributed by atoms with Gasteiger partial charge in [-0.05, 0) is 24.3 Å². The van der Waals surface area contributed by atoms with Crippen molar-refractivity contribution in [2.45, 2.75) is 19.6 Å². The van der Waals surface area contributed by atoms with Gasteiger partial charge in [0.2, 0.25) is 5.91 Å². The molecule has 2 N–H and O–H groups in total. The highest BCUT2D eigenvalue weighted by molar-refractivity contribution is 5.90. The first-order valence-corrected chi connectivity index (χ1v) is 6.59. The normalized spacial score (nSPS) is 10.6. The number of aromatic amines is 1. The molecule has 2 rings (SSSR count). The van der Waals surface area contributed by atoms with Crippen LogP contribution in [0.2, 0.25) is 0 Å². The Bertz CT molecular complexity index is 784. The number of halogens is 2.